The SMILES string of the molecule is Cn1nc(-c2ccccn2)c2c1NC(=O)CC2c1cc2c(cc1Cl)OCO2.O=CO. The highest BCUT2D eigenvalue weighted by molar-refractivity contribution is 6.31. The lowest BCUT2D eigenvalue weighted by molar-refractivity contribution is -0.123. The van der Waals surface area contributed by atoms with Crippen LogP contribution < -0.4 is 14.8 Å². The molecular formula is C20H17ClN4O5. The van der Waals surface area contributed by atoms with Crippen LogP contribution in [-0.4, -0.2) is 39.0 Å². The number of nitrogens with zero attached hydrogens (tertiary/aromatic N) is 3. The van der Waals surface area contributed by atoms with Crippen LogP contribution in [0.5, 0.6) is 11.5 Å². The molecule has 3 aromatic rings. The van der Waals surface area contributed by atoms with Crippen molar-refractivity contribution in [3.63, 3.8) is 0 Å². The maximum absolute atomic E-state index is 12.4. The lowest BCUT2D eigenvalue weighted by Gasteiger charge is -2.25. The van der Waals surface area contributed by atoms with E-state index in [0.29, 0.717) is 22.3 Å². The molecule has 0 spiro atoms. The monoisotopic (exact) mass is 428 g/mol. The molecular weight excluding hydrogens is 412 g/mol. The number of pyridine rings is 1. The largest absolute Gasteiger partial charge is 0.483 e. The molecule has 0 saturated carbocycles. The molecule has 0 fully saturated rings. The zero-order valence-corrected chi connectivity index (χ0v) is 16.6. The molecule has 2 N–H and O–H groups in total. The highest BCUT2D eigenvalue weighted by Gasteiger charge is 2.35. The van der Waals surface area contributed by atoms with Crippen molar-refractivity contribution in [2.75, 3.05) is 12.1 Å². The molecule has 1 amide bonds. The van der Waals surface area contributed by atoms with Crippen molar-refractivity contribution in [1.82, 2.24) is 14.8 Å². The quantitative estimate of drug-likeness (QED) is 0.602. The third-order valence-corrected chi connectivity index (χ3v) is 5.18. The first-order valence-electron chi connectivity index (χ1n) is 8.98. The second-order valence-corrected chi connectivity index (χ2v) is 6.99. The van der Waals surface area contributed by atoms with Crippen LogP contribution in [0.4, 0.5) is 5.82 Å². The normalized spacial score (nSPS) is 16.2. The molecule has 10 heteroatoms. The molecule has 0 radical (unpaired) electrons. The highest BCUT2D eigenvalue weighted by Crippen LogP contribution is 2.47. The number of benzene rings is 1. The summed E-state index contributed by atoms with van der Waals surface area (Å²) in [6.45, 7) is -0.0857. The van der Waals surface area contributed by atoms with Gasteiger partial charge in [0.25, 0.3) is 6.47 Å². The first-order valence-corrected chi connectivity index (χ1v) is 9.36. The zero-order chi connectivity index (χ0) is 21.3. The summed E-state index contributed by atoms with van der Waals surface area (Å²) in [4.78, 5) is 25.2. The van der Waals surface area contributed by atoms with Gasteiger partial charge in [0.05, 0.1) is 5.69 Å². The highest BCUT2D eigenvalue weighted by atomic mass is 35.5. The second-order valence-electron chi connectivity index (χ2n) is 6.59. The fraction of sp³-hybridized carbons (Fsp3) is 0.200. The van der Waals surface area contributed by atoms with Crippen LogP contribution >= 0.6 is 11.6 Å². The predicted molar refractivity (Wildman–Crippen MR) is 108 cm³/mol. The van der Waals surface area contributed by atoms with Gasteiger partial charge in [0, 0.05) is 42.2 Å². The molecule has 2 aromatic heterocycles. The molecule has 1 atom stereocenters. The van der Waals surface area contributed by atoms with Crippen molar-refractivity contribution < 1.29 is 24.2 Å². The van der Waals surface area contributed by atoms with Gasteiger partial charge >= 0.3 is 0 Å². The molecule has 2 aliphatic rings. The van der Waals surface area contributed by atoms with Crippen molar-refractivity contribution in [3.05, 3.63) is 52.7 Å². The lowest BCUT2D eigenvalue weighted by Crippen LogP contribution is -2.24. The Hall–Kier alpha value is -3.59. The number of fused-ring (bicyclic) bond motifs is 2. The van der Waals surface area contributed by atoms with E-state index in [9.17, 15) is 4.79 Å². The molecule has 5 rings (SSSR count). The first kappa shape index (κ1) is 19.7. The van der Waals surface area contributed by atoms with Gasteiger partial charge in [-0.15, -0.1) is 0 Å². The third kappa shape index (κ3) is 3.43. The van der Waals surface area contributed by atoms with Crippen LogP contribution in [0, 0.1) is 0 Å². The van der Waals surface area contributed by atoms with Crippen LogP contribution in [0.25, 0.3) is 11.4 Å². The first-order chi connectivity index (χ1) is 14.5. The van der Waals surface area contributed by atoms with Gasteiger partial charge in [-0.2, -0.15) is 5.10 Å². The number of aromatic nitrogens is 3. The van der Waals surface area contributed by atoms with Crippen LogP contribution in [0.2, 0.25) is 5.02 Å². The fourth-order valence-corrected chi connectivity index (χ4v) is 3.93. The standard InChI is InChI=1S/C19H15ClN4O3.CH2O2/c1-24-19-17(18(23-24)13-4-2-3-5-21-13)11(7-16(25)22-19)10-6-14-15(8-12(10)20)27-9-26-14;2-1-3/h2-6,8,11H,7,9H2,1H3,(H,22,25);1H,(H,2,3). The van der Waals surface area contributed by atoms with Gasteiger partial charge in [-0.25, -0.2) is 0 Å². The molecule has 30 heavy (non-hydrogen) atoms. The number of rotatable bonds is 2. The molecule has 4 heterocycles. The van der Waals surface area contributed by atoms with E-state index < -0.39 is 0 Å². The van der Waals surface area contributed by atoms with Crippen molar-refractivity contribution in [2.45, 2.75) is 12.3 Å². The Kier molecular flexibility index (Phi) is 5.28. The Labute approximate surface area is 176 Å². The van der Waals surface area contributed by atoms with Crippen LogP contribution in [0.3, 0.4) is 0 Å². The summed E-state index contributed by atoms with van der Waals surface area (Å²) in [5.74, 6) is 1.55. The summed E-state index contributed by atoms with van der Waals surface area (Å²) in [5.41, 5.74) is 3.18. The van der Waals surface area contributed by atoms with E-state index >= 15 is 0 Å². The number of hydrogen-bond acceptors (Lipinski definition) is 6. The molecule has 2 aliphatic heterocycles. The van der Waals surface area contributed by atoms with Gasteiger partial charge in [0.15, 0.2) is 11.5 Å². The molecule has 1 unspecified atom stereocenters. The van der Waals surface area contributed by atoms with Crippen LogP contribution in [0.1, 0.15) is 23.5 Å². The summed E-state index contributed by atoms with van der Waals surface area (Å²) in [7, 11) is 1.80. The number of aryl methyl sites for hydroxylation is 1. The number of halogens is 1. The van der Waals surface area contributed by atoms with Crippen LogP contribution in [-0.2, 0) is 16.6 Å². The third-order valence-electron chi connectivity index (χ3n) is 4.85. The molecule has 0 bridgehead atoms. The van der Waals surface area contributed by atoms with Gasteiger partial charge < -0.3 is 19.9 Å². The van der Waals surface area contributed by atoms with Gasteiger partial charge in [-0.05, 0) is 23.8 Å². The topological polar surface area (TPSA) is 116 Å². The number of nitrogens with one attached hydrogen (secondary N) is 1. The van der Waals surface area contributed by atoms with Crippen molar-refractivity contribution in [2.24, 2.45) is 7.05 Å². The van der Waals surface area contributed by atoms with Gasteiger partial charge in [0.1, 0.15) is 11.5 Å². The Morgan fingerprint density at radius 1 is 1.30 bits per heavy atom. The molecule has 0 saturated heterocycles. The zero-order valence-electron chi connectivity index (χ0n) is 15.8. The Morgan fingerprint density at radius 2 is 2.03 bits per heavy atom. The average molecular weight is 429 g/mol. The van der Waals surface area contributed by atoms with E-state index in [0.717, 1.165) is 22.5 Å². The smallest absolute Gasteiger partial charge is 0.290 e. The summed E-state index contributed by atoms with van der Waals surface area (Å²) < 4.78 is 12.6. The minimum Gasteiger partial charge on any atom is -0.483 e. The second kappa shape index (κ2) is 8.03. The number of anilines is 1. The van der Waals surface area contributed by atoms with E-state index in [4.69, 9.17) is 31.0 Å². The minimum atomic E-state index is -0.263. The maximum Gasteiger partial charge on any atom is 0.290 e. The van der Waals surface area contributed by atoms with E-state index in [-0.39, 0.29) is 31.5 Å². The van der Waals surface area contributed by atoms with Crippen molar-refractivity contribution in [1.29, 1.82) is 0 Å². The lowest BCUT2D eigenvalue weighted by atomic mass is 9.84. The number of carbonyl (C=O) groups excluding carboxylic acids is 1. The maximum atomic E-state index is 12.4. The molecule has 9 nitrogen and oxygen atoms in total. The van der Waals surface area contributed by atoms with Gasteiger partial charge in [-0.1, -0.05) is 17.7 Å². The van der Waals surface area contributed by atoms with Crippen molar-refractivity contribution in [3.8, 4) is 22.9 Å². The number of hydrogen-bond donors (Lipinski definition) is 2. The van der Waals surface area contributed by atoms with E-state index in [1.54, 1.807) is 24.0 Å². The summed E-state index contributed by atoms with van der Waals surface area (Å²) in [6.07, 6.45) is 1.98. The Bertz CT molecular complexity index is 1120. The summed E-state index contributed by atoms with van der Waals surface area (Å²) >= 11 is 6.55. The molecule has 154 valence electrons. The van der Waals surface area contributed by atoms with Gasteiger partial charge in [-0.3, -0.25) is 19.3 Å². The van der Waals surface area contributed by atoms with E-state index in [1.165, 1.54) is 0 Å². The number of carboxylic acid groups (broad SMARTS) is 1. The van der Waals surface area contributed by atoms with E-state index in [1.807, 2.05) is 24.3 Å². The predicted octanol–water partition coefficient (Wildman–Crippen LogP) is 3.04. The van der Waals surface area contributed by atoms with Gasteiger partial charge in [0.2, 0.25) is 12.7 Å². The number of amides is 1. The molecule has 1 aromatic carbocycles. The van der Waals surface area contributed by atoms with E-state index in [2.05, 4.69) is 15.4 Å². The summed E-state index contributed by atoms with van der Waals surface area (Å²) in [5, 5.41) is 15.0. The van der Waals surface area contributed by atoms with Crippen molar-refractivity contribution >= 4 is 29.8 Å². The Morgan fingerprint density at radius 3 is 2.73 bits per heavy atom. The van der Waals surface area contributed by atoms with Crippen LogP contribution in [0.15, 0.2) is 36.5 Å². The number of carbonyl (C=O) groups is 2. The Balaban J connectivity index is 0.000000687. The minimum absolute atomic E-state index is 0.0863. The summed E-state index contributed by atoms with van der Waals surface area (Å²) in [6, 6.07) is 9.26. The number of ether oxygens (including phenoxy) is 2. The fourth-order valence-electron chi connectivity index (χ4n) is 3.65. The molecule has 0 aliphatic carbocycles. The average Bonchev–Trinajstić information content (AvgIpc) is 3.32.